The molecule has 11 rings (SSSR count). The minimum absolute atomic E-state index is 1.16. The van der Waals surface area contributed by atoms with Gasteiger partial charge in [0, 0.05) is 38.4 Å². The summed E-state index contributed by atoms with van der Waals surface area (Å²) in [5.74, 6) is 0. The van der Waals surface area contributed by atoms with Gasteiger partial charge in [-0.05, 0) is 105 Å². The predicted octanol–water partition coefficient (Wildman–Crippen LogP) is 9.32. The molecule has 0 aliphatic carbocycles. The normalized spacial score (nSPS) is 11.6. The largest absolute Gasteiger partial charge is 0.310 e. The Kier molecular flexibility index (Phi) is 8.30. The maximum atomic E-state index is 2.54. The molecule has 0 atom stereocenters. The van der Waals surface area contributed by atoms with Gasteiger partial charge in [0.15, 0.2) is 0 Å². The van der Waals surface area contributed by atoms with Gasteiger partial charge in [0.1, 0.15) is 23.5 Å². The molecule has 0 unspecified atom stereocenters. The highest BCUT2D eigenvalue weighted by atomic mass is 15.0. The van der Waals surface area contributed by atoms with Crippen LogP contribution in [0.2, 0.25) is 0 Å². The monoisotopic (exact) mass is 748 g/mol. The molecule has 9 aromatic carbocycles. The van der Waals surface area contributed by atoms with E-state index in [0.29, 0.717) is 0 Å². The lowest BCUT2D eigenvalue weighted by atomic mass is 9.69. The molecule has 0 radical (unpaired) electrons. The van der Waals surface area contributed by atoms with Crippen molar-refractivity contribution in [3.8, 4) is 55.9 Å². The fourth-order valence-electron chi connectivity index (χ4n) is 9.63. The molecule has 0 saturated carbocycles. The molecule has 0 aliphatic rings. The van der Waals surface area contributed by atoms with Crippen LogP contribution in [-0.2, 0) is 0 Å². The molecular formula is C54H39B3N2. The first kappa shape index (κ1) is 35.0. The predicted molar refractivity (Wildman–Crippen MR) is 261 cm³/mol. The van der Waals surface area contributed by atoms with E-state index in [9.17, 15) is 0 Å². The lowest BCUT2D eigenvalue weighted by Gasteiger charge is -2.19. The number of fused-ring (bicyclic) bond motifs is 6. The zero-order chi connectivity index (χ0) is 39.6. The smallest absolute Gasteiger partial charge is 0.141 e. The molecule has 0 fully saturated rings. The van der Waals surface area contributed by atoms with Crippen LogP contribution in [0.5, 0.6) is 0 Å². The van der Waals surface area contributed by atoms with E-state index < -0.39 is 0 Å². The van der Waals surface area contributed by atoms with Crippen LogP contribution in [0.1, 0.15) is 0 Å². The first-order valence-corrected chi connectivity index (χ1v) is 20.5. The Hall–Kier alpha value is -7.23. The van der Waals surface area contributed by atoms with E-state index in [1.807, 2.05) is 0 Å². The fraction of sp³-hybridized carbons (Fsp3) is 0. The van der Waals surface area contributed by atoms with Crippen LogP contribution in [0.4, 0.5) is 0 Å². The van der Waals surface area contributed by atoms with Gasteiger partial charge < -0.3 is 9.13 Å². The summed E-state index contributed by atoms with van der Waals surface area (Å²) in [6.07, 6.45) is 0. The Balaban J connectivity index is 1.21. The van der Waals surface area contributed by atoms with Crippen molar-refractivity contribution in [2.24, 2.45) is 0 Å². The number of hydrogen-bond acceptors (Lipinski definition) is 0. The van der Waals surface area contributed by atoms with E-state index in [1.165, 1.54) is 110 Å². The minimum atomic E-state index is 1.16. The van der Waals surface area contributed by atoms with Crippen LogP contribution < -0.4 is 16.4 Å². The number of benzene rings is 9. The summed E-state index contributed by atoms with van der Waals surface area (Å²) in [5, 5.41) is 5.09. The number of nitrogens with zero attached hydrogens (tertiary/aromatic N) is 2. The minimum Gasteiger partial charge on any atom is -0.310 e. The van der Waals surface area contributed by atoms with Gasteiger partial charge in [0.25, 0.3) is 0 Å². The molecule has 5 heteroatoms. The lowest BCUT2D eigenvalue weighted by molar-refractivity contribution is 1.18. The van der Waals surface area contributed by atoms with Gasteiger partial charge in [0.05, 0.1) is 16.6 Å². The highest BCUT2D eigenvalue weighted by Crippen LogP contribution is 2.39. The summed E-state index contributed by atoms with van der Waals surface area (Å²) in [7, 11) is 6.99. The summed E-state index contributed by atoms with van der Waals surface area (Å²) < 4.78 is 4.93. The van der Waals surface area contributed by atoms with E-state index in [2.05, 4.69) is 233 Å². The Morgan fingerprint density at radius 2 is 0.780 bits per heavy atom. The molecule has 2 aromatic heterocycles. The van der Waals surface area contributed by atoms with Gasteiger partial charge in [-0.25, -0.2) is 0 Å². The molecule has 59 heavy (non-hydrogen) atoms. The Labute approximate surface area is 347 Å². The van der Waals surface area contributed by atoms with E-state index >= 15 is 0 Å². The van der Waals surface area contributed by atoms with E-state index in [0.717, 1.165) is 5.69 Å². The molecule has 0 amide bonds. The first-order valence-electron chi connectivity index (χ1n) is 20.5. The summed E-state index contributed by atoms with van der Waals surface area (Å²) in [6.45, 7) is 0. The quantitative estimate of drug-likeness (QED) is 0.150. The average Bonchev–Trinajstić information content (AvgIpc) is 3.82. The average molecular weight is 748 g/mol. The Bertz CT molecular complexity index is 3330. The second kappa shape index (κ2) is 14.0. The fourth-order valence-corrected chi connectivity index (χ4v) is 9.63. The van der Waals surface area contributed by atoms with Gasteiger partial charge in [-0.2, -0.15) is 0 Å². The number of rotatable bonds is 6. The van der Waals surface area contributed by atoms with Crippen LogP contribution >= 0.6 is 0 Å². The summed E-state index contributed by atoms with van der Waals surface area (Å²) in [5.41, 5.74) is 20.9. The van der Waals surface area contributed by atoms with Gasteiger partial charge >= 0.3 is 0 Å². The van der Waals surface area contributed by atoms with E-state index in [-0.39, 0.29) is 0 Å². The molecule has 274 valence electrons. The third kappa shape index (κ3) is 5.68. The third-order valence-electron chi connectivity index (χ3n) is 12.5. The van der Waals surface area contributed by atoms with Crippen LogP contribution in [0.25, 0.3) is 99.5 Å². The summed E-state index contributed by atoms with van der Waals surface area (Å²) in [4.78, 5) is 0. The van der Waals surface area contributed by atoms with Gasteiger partial charge in [-0.3, -0.25) is 0 Å². The van der Waals surface area contributed by atoms with Gasteiger partial charge in [0.2, 0.25) is 0 Å². The second-order valence-corrected chi connectivity index (χ2v) is 15.8. The molecule has 11 aromatic rings. The summed E-state index contributed by atoms with van der Waals surface area (Å²) >= 11 is 0. The summed E-state index contributed by atoms with van der Waals surface area (Å²) in [6, 6.07) is 73.1. The zero-order valence-electron chi connectivity index (χ0n) is 33.4. The molecule has 0 spiro atoms. The zero-order valence-corrected chi connectivity index (χ0v) is 33.4. The van der Waals surface area contributed by atoms with E-state index in [4.69, 9.17) is 0 Å². The van der Waals surface area contributed by atoms with Crippen molar-refractivity contribution in [2.75, 3.05) is 0 Å². The van der Waals surface area contributed by atoms with Gasteiger partial charge in [-0.1, -0.05) is 156 Å². The highest BCUT2D eigenvalue weighted by molar-refractivity contribution is 6.60. The highest BCUT2D eigenvalue weighted by Gasteiger charge is 2.23. The van der Waals surface area contributed by atoms with Crippen molar-refractivity contribution in [2.45, 2.75) is 0 Å². The maximum absolute atomic E-state index is 2.54. The number of para-hydroxylation sites is 2. The molecule has 0 bridgehead atoms. The van der Waals surface area contributed by atoms with E-state index in [1.54, 1.807) is 0 Å². The Morgan fingerprint density at radius 3 is 1.41 bits per heavy atom. The van der Waals surface area contributed by atoms with Crippen molar-refractivity contribution in [1.82, 2.24) is 9.13 Å². The van der Waals surface area contributed by atoms with Gasteiger partial charge in [-0.15, -0.1) is 0 Å². The third-order valence-corrected chi connectivity index (χ3v) is 12.5. The topological polar surface area (TPSA) is 9.86 Å². The number of aromatic nitrogens is 2. The van der Waals surface area contributed by atoms with Crippen molar-refractivity contribution in [3.05, 3.63) is 200 Å². The van der Waals surface area contributed by atoms with Crippen LogP contribution in [0.15, 0.2) is 200 Å². The number of hydrogen-bond donors (Lipinski definition) is 0. The standard InChI is InChI=1S/C54H39B3N2/c55-51-49(38-26-28-47-44(33-38)43-23-13-14-24-46(43)58(47)41-21-11-4-12-22-41)52(56)53(57)54-50(51)45-32-37(34-15-5-1-6-16-34)25-27-48(45)59(54)42-30-39(35-17-7-2-8-18-35)29-40(31-42)36-19-9-3-10-20-36/h1-33H,55-57H2. The van der Waals surface area contributed by atoms with Crippen molar-refractivity contribution < 1.29 is 0 Å². The maximum Gasteiger partial charge on any atom is 0.141 e. The molecule has 2 heterocycles. The van der Waals surface area contributed by atoms with Crippen LogP contribution in [0.3, 0.4) is 0 Å². The first-order chi connectivity index (χ1) is 29.0. The molecule has 0 aliphatic heterocycles. The van der Waals surface area contributed by atoms with Crippen LogP contribution in [0, 0.1) is 0 Å². The molecule has 2 nitrogen and oxygen atoms in total. The van der Waals surface area contributed by atoms with Crippen molar-refractivity contribution in [3.63, 3.8) is 0 Å². The molecular weight excluding hydrogens is 709 g/mol. The SMILES string of the molecule is Bc1c(-c2ccc3c(c2)c2ccccc2n3-c2ccccc2)c(B)c2c3cc(-c4ccccc4)ccc3n(-c3cc(-c4ccccc4)cc(-c4ccccc4)c3)c2c1B. The second-order valence-electron chi connectivity index (χ2n) is 15.8. The van der Waals surface area contributed by atoms with Crippen LogP contribution in [-0.4, -0.2) is 32.7 Å². The molecule has 0 N–H and O–H groups in total. The molecule has 0 saturated heterocycles. The van der Waals surface area contributed by atoms with Crippen molar-refractivity contribution >= 4 is 83.5 Å². The Morgan fingerprint density at radius 1 is 0.288 bits per heavy atom. The van der Waals surface area contributed by atoms with Crippen molar-refractivity contribution in [1.29, 1.82) is 0 Å². The lowest BCUT2D eigenvalue weighted by Crippen LogP contribution is -2.35.